The topological polar surface area (TPSA) is 36.9 Å². The van der Waals surface area contributed by atoms with Crippen LogP contribution in [0.25, 0.3) is 11.1 Å². The number of ether oxygens (including phenoxy) is 4. The Morgan fingerprint density at radius 1 is 0.783 bits per heavy atom. The van der Waals surface area contributed by atoms with Crippen molar-refractivity contribution in [1.29, 1.82) is 0 Å². The van der Waals surface area contributed by atoms with Crippen molar-refractivity contribution in [2.45, 2.75) is 57.7 Å². The lowest BCUT2D eigenvalue weighted by atomic mass is 9.90. The maximum atomic E-state index is 15.4. The average molecular weight is 665 g/mol. The van der Waals surface area contributed by atoms with Gasteiger partial charge in [0.25, 0.3) is 0 Å². The van der Waals surface area contributed by atoms with Crippen LogP contribution in [0.1, 0.15) is 62.7 Å². The maximum absolute atomic E-state index is 15.4. The second kappa shape index (κ2) is 15.8. The molecule has 1 saturated heterocycles. The van der Waals surface area contributed by atoms with Gasteiger partial charge in [0.05, 0.1) is 44.8 Å². The Hall–Kier alpha value is -3.61. The van der Waals surface area contributed by atoms with E-state index in [0.717, 1.165) is 19.3 Å². The van der Waals surface area contributed by atoms with E-state index < -0.39 is 66.0 Å². The van der Waals surface area contributed by atoms with E-state index in [4.69, 9.17) is 14.2 Å². The lowest BCUT2D eigenvalue weighted by molar-refractivity contribution is -0.189. The third-order valence-corrected chi connectivity index (χ3v) is 7.42. The number of rotatable bonds is 15. The van der Waals surface area contributed by atoms with E-state index in [1.54, 1.807) is 12.1 Å². The number of hydrogen-bond acceptors (Lipinski definition) is 4. The Morgan fingerprint density at radius 3 is 1.83 bits per heavy atom. The molecule has 3 aromatic carbocycles. The van der Waals surface area contributed by atoms with Crippen LogP contribution in [0.4, 0.5) is 39.5 Å². The minimum atomic E-state index is -4.80. The molecule has 0 bridgehead atoms. The van der Waals surface area contributed by atoms with Gasteiger partial charge in [-0.3, -0.25) is 8.78 Å². The van der Waals surface area contributed by atoms with Crippen molar-refractivity contribution in [3.05, 3.63) is 76.6 Å². The minimum absolute atomic E-state index is 0.00713. The predicted molar refractivity (Wildman–Crippen MR) is 151 cm³/mol. The Balaban J connectivity index is 1.76. The fourth-order valence-corrected chi connectivity index (χ4v) is 5.27. The molecule has 46 heavy (non-hydrogen) atoms. The molecule has 0 N–H and O–H groups in total. The summed E-state index contributed by atoms with van der Waals surface area (Å²) in [7, 11) is 0. The molecule has 0 spiro atoms. The van der Waals surface area contributed by atoms with Gasteiger partial charge in [0, 0.05) is 25.0 Å². The maximum Gasteiger partial charge on any atom is 0.432 e. The fraction of sp³-hybridized carbons (Fsp3) is 0.455. The molecule has 1 unspecified atom stereocenters. The highest BCUT2D eigenvalue weighted by atomic mass is 19.3. The highest BCUT2D eigenvalue weighted by Gasteiger charge is 2.42. The SMILES string of the molecule is CCC[C@@H]1CCC(c2cc(OCCCF)c(-c3cc(F)c(C(F)(F)Oc4cc(F)c(F)c(F)c4)c(F)c3)c(OCCCF)c2)OC1. The largest absolute Gasteiger partial charge is 0.493 e. The first-order chi connectivity index (χ1) is 22.0. The number of benzene rings is 3. The summed E-state index contributed by atoms with van der Waals surface area (Å²) >= 11 is 0. The summed E-state index contributed by atoms with van der Waals surface area (Å²) in [5, 5.41) is 0. The quantitative estimate of drug-likeness (QED) is 0.0921. The smallest absolute Gasteiger partial charge is 0.432 e. The van der Waals surface area contributed by atoms with E-state index in [1.807, 2.05) is 0 Å². The van der Waals surface area contributed by atoms with Crippen LogP contribution < -0.4 is 14.2 Å². The zero-order valence-corrected chi connectivity index (χ0v) is 24.9. The Labute approximate surface area is 260 Å². The molecule has 0 radical (unpaired) electrons. The lowest BCUT2D eigenvalue weighted by Gasteiger charge is -2.30. The van der Waals surface area contributed by atoms with Crippen molar-refractivity contribution in [3.8, 4) is 28.4 Å². The third-order valence-electron chi connectivity index (χ3n) is 7.42. The van der Waals surface area contributed by atoms with Crippen molar-refractivity contribution < 1.29 is 58.5 Å². The van der Waals surface area contributed by atoms with Gasteiger partial charge in [-0.05, 0) is 60.6 Å². The standard InChI is InChI=1S/C33H33F9O4/c1-2-5-19-6-7-27(45-18-19)20-14-28(43-10-3-8-34)30(29(15-20)44-11-4-9-35)21-12-23(36)31(24(37)13-21)33(41,42)46-22-16-25(38)32(40)26(39)17-22/h12-17,19,27H,2-11,18H2,1H3/t19-,27?/m1/s1. The molecule has 1 aliphatic heterocycles. The summed E-state index contributed by atoms with van der Waals surface area (Å²) < 4.78 is 149. The van der Waals surface area contributed by atoms with Gasteiger partial charge in [-0.2, -0.15) is 8.78 Å². The van der Waals surface area contributed by atoms with Gasteiger partial charge in [-0.15, -0.1) is 0 Å². The van der Waals surface area contributed by atoms with Crippen molar-refractivity contribution in [2.75, 3.05) is 33.2 Å². The summed E-state index contributed by atoms with van der Waals surface area (Å²) in [5.41, 5.74) is -1.70. The van der Waals surface area contributed by atoms with Gasteiger partial charge >= 0.3 is 6.11 Å². The summed E-state index contributed by atoms with van der Waals surface area (Å²) in [5.74, 6) is -10.1. The number of halogens is 9. The molecule has 3 aromatic rings. The summed E-state index contributed by atoms with van der Waals surface area (Å²) in [6.45, 7) is 0.818. The normalized spacial score (nSPS) is 16.8. The van der Waals surface area contributed by atoms with Gasteiger partial charge in [-0.1, -0.05) is 13.3 Å². The zero-order valence-electron chi connectivity index (χ0n) is 24.9. The van der Waals surface area contributed by atoms with E-state index in [-0.39, 0.29) is 60.8 Å². The van der Waals surface area contributed by atoms with Crippen LogP contribution in [0.3, 0.4) is 0 Å². The van der Waals surface area contributed by atoms with Crippen molar-refractivity contribution in [1.82, 2.24) is 0 Å². The molecular weight excluding hydrogens is 631 g/mol. The summed E-state index contributed by atoms with van der Waals surface area (Å²) in [4.78, 5) is 0. The molecule has 2 atom stereocenters. The summed E-state index contributed by atoms with van der Waals surface area (Å²) in [6, 6.07) is 4.37. The van der Waals surface area contributed by atoms with Gasteiger partial charge in [0.1, 0.15) is 34.4 Å². The molecule has 4 nitrogen and oxygen atoms in total. The molecule has 252 valence electrons. The molecule has 4 rings (SSSR count). The summed E-state index contributed by atoms with van der Waals surface area (Å²) in [6.07, 6.45) is -1.75. The molecule has 0 amide bonds. The van der Waals surface area contributed by atoms with Crippen LogP contribution in [-0.2, 0) is 10.8 Å². The van der Waals surface area contributed by atoms with Crippen LogP contribution in [0, 0.1) is 35.0 Å². The second-order valence-electron chi connectivity index (χ2n) is 10.9. The molecular formula is C33H33F9O4. The monoisotopic (exact) mass is 664 g/mol. The average Bonchev–Trinajstić information content (AvgIpc) is 2.99. The molecule has 13 heteroatoms. The van der Waals surface area contributed by atoms with Crippen molar-refractivity contribution >= 4 is 0 Å². The highest BCUT2D eigenvalue weighted by Crippen LogP contribution is 2.46. The van der Waals surface area contributed by atoms with Crippen LogP contribution in [0.2, 0.25) is 0 Å². The first kappa shape index (κ1) is 35.2. The van der Waals surface area contributed by atoms with Gasteiger partial charge < -0.3 is 18.9 Å². The van der Waals surface area contributed by atoms with Crippen LogP contribution in [-0.4, -0.2) is 33.2 Å². The second-order valence-corrected chi connectivity index (χ2v) is 10.9. The van der Waals surface area contributed by atoms with Crippen LogP contribution in [0.5, 0.6) is 17.2 Å². The molecule has 0 aliphatic carbocycles. The third kappa shape index (κ3) is 8.40. The van der Waals surface area contributed by atoms with Gasteiger partial charge in [-0.25, -0.2) is 22.0 Å². The van der Waals surface area contributed by atoms with Gasteiger partial charge in [0.2, 0.25) is 0 Å². The Morgan fingerprint density at radius 2 is 1.35 bits per heavy atom. The van der Waals surface area contributed by atoms with Crippen LogP contribution in [0.15, 0.2) is 36.4 Å². The molecule has 0 aromatic heterocycles. The molecule has 1 aliphatic rings. The lowest BCUT2D eigenvalue weighted by Crippen LogP contribution is -2.25. The molecule has 1 heterocycles. The first-order valence-corrected chi connectivity index (χ1v) is 14.9. The predicted octanol–water partition coefficient (Wildman–Crippen LogP) is 9.92. The molecule has 1 fully saturated rings. The zero-order chi connectivity index (χ0) is 33.4. The van der Waals surface area contributed by atoms with Crippen molar-refractivity contribution in [3.63, 3.8) is 0 Å². The fourth-order valence-electron chi connectivity index (χ4n) is 5.27. The van der Waals surface area contributed by atoms with Crippen LogP contribution >= 0.6 is 0 Å². The minimum Gasteiger partial charge on any atom is -0.493 e. The Kier molecular flexibility index (Phi) is 12.1. The van der Waals surface area contributed by atoms with E-state index in [1.165, 1.54) is 0 Å². The van der Waals surface area contributed by atoms with Crippen molar-refractivity contribution in [2.24, 2.45) is 5.92 Å². The number of alkyl halides is 4. The first-order valence-electron chi connectivity index (χ1n) is 14.9. The van der Waals surface area contributed by atoms with Gasteiger partial charge in [0.15, 0.2) is 17.5 Å². The molecule has 0 saturated carbocycles. The van der Waals surface area contributed by atoms with E-state index in [2.05, 4.69) is 11.7 Å². The number of hydrogen-bond donors (Lipinski definition) is 0. The van der Waals surface area contributed by atoms with E-state index in [9.17, 15) is 30.7 Å². The van der Waals surface area contributed by atoms with E-state index >= 15 is 8.78 Å². The Bertz CT molecular complexity index is 1400. The highest BCUT2D eigenvalue weighted by molar-refractivity contribution is 5.78. The van der Waals surface area contributed by atoms with E-state index in [0.29, 0.717) is 36.6 Å².